The Morgan fingerprint density at radius 2 is 2.31 bits per heavy atom. The van der Waals surface area contributed by atoms with Gasteiger partial charge in [0.2, 0.25) is 0 Å². The minimum Gasteiger partial charge on any atom is -0.473 e. The molecule has 0 saturated carbocycles. The molecule has 2 rings (SSSR count). The fourth-order valence-electron chi connectivity index (χ4n) is 2.13. The first kappa shape index (κ1) is 11.3. The first-order chi connectivity index (χ1) is 7.66. The number of piperidine rings is 1. The number of hydrogen-bond donors (Lipinski definition) is 1. The number of ether oxygens (including phenoxy) is 1. The zero-order valence-electron chi connectivity index (χ0n) is 10.0. The third kappa shape index (κ3) is 2.47. The maximum atomic E-state index is 5.77. The molecule has 1 aromatic heterocycles. The summed E-state index contributed by atoms with van der Waals surface area (Å²) in [6.45, 7) is 1.84. The first-order valence-electron chi connectivity index (χ1n) is 5.79. The van der Waals surface area contributed by atoms with Gasteiger partial charge in [0.05, 0.1) is 6.20 Å². The van der Waals surface area contributed by atoms with Crippen molar-refractivity contribution in [3.8, 4) is 5.88 Å². The molecule has 90 valence electrons. The predicted molar refractivity (Wildman–Crippen MR) is 63.4 cm³/mol. The quantitative estimate of drug-likeness (QED) is 0.827. The van der Waals surface area contributed by atoms with Gasteiger partial charge in [-0.15, -0.1) is 5.10 Å². The van der Waals surface area contributed by atoms with Crippen LogP contribution in [0.15, 0.2) is 6.20 Å². The smallest absolute Gasteiger partial charge is 0.256 e. The van der Waals surface area contributed by atoms with Gasteiger partial charge in [-0.25, -0.2) is 0 Å². The summed E-state index contributed by atoms with van der Waals surface area (Å²) in [5.41, 5.74) is 6.38. The fourth-order valence-corrected chi connectivity index (χ4v) is 2.13. The molecule has 1 aliphatic heterocycles. The standard InChI is InChI=1S/C11H20N4O/c1-14-6-4-3-5-9(14)8-16-11-10(12)7-15(2)13-11/h7,9H,3-6,8,12H2,1-2H3. The minimum absolute atomic E-state index is 0.496. The number of likely N-dealkylation sites (N-methyl/N-ethyl adjacent to an activating group) is 1. The van der Waals surface area contributed by atoms with Crippen molar-refractivity contribution < 1.29 is 4.74 Å². The Morgan fingerprint density at radius 1 is 1.50 bits per heavy atom. The van der Waals surface area contributed by atoms with Crippen LogP contribution in [0.4, 0.5) is 5.69 Å². The van der Waals surface area contributed by atoms with Crippen LogP contribution in [0.2, 0.25) is 0 Å². The summed E-state index contributed by atoms with van der Waals surface area (Å²) in [5, 5.41) is 4.17. The number of anilines is 1. The van der Waals surface area contributed by atoms with Gasteiger partial charge in [-0.1, -0.05) is 6.42 Å². The van der Waals surface area contributed by atoms with Crippen LogP contribution < -0.4 is 10.5 Å². The maximum Gasteiger partial charge on any atom is 0.256 e. The van der Waals surface area contributed by atoms with Crippen molar-refractivity contribution in [1.29, 1.82) is 0 Å². The summed E-state index contributed by atoms with van der Waals surface area (Å²) >= 11 is 0. The lowest BCUT2D eigenvalue weighted by Gasteiger charge is -2.31. The predicted octanol–water partition coefficient (Wildman–Crippen LogP) is 0.865. The van der Waals surface area contributed by atoms with Gasteiger partial charge in [0, 0.05) is 13.1 Å². The van der Waals surface area contributed by atoms with Crippen molar-refractivity contribution in [2.24, 2.45) is 7.05 Å². The summed E-state index contributed by atoms with van der Waals surface area (Å²) in [6.07, 6.45) is 5.54. The van der Waals surface area contributed by atoms with Gasteiger partial charge < -0.3 is 15.4 Å². The second-order valence-electron chi connectivity index (χ2n) is 4.50. The Balaban J connectivity index is 1.89. The van der Waals surface area contributed by atoms with Gasteiger partial charge in [0.25, 0.3) is 5.88 Å². The van der Waals surface area contributed by atoms with Gasteiger partial charge in [-0.3, -0.25) is 4.68 Å². The van der Waals surface area contributed by atoms with Crippen LogP contribution in [0, 0.1) is 0 Å². The fraction of sp³-hybridized carbons (Fsp3) is 0.727. The molecule has 0 bridgehead atoms. The maximum absolute atomic E-state index is 5.77. The van der Waals surface area contributed by atoms with Crippen molar-refractivity contribution in [3.05, 3.63) is 6.20 Å². The number of nitrogens with two attached hydrogens (primary N) is 1. The third-order valence-electron chi connectivity index (χ3n) is 3.16. The summed E-state index contributed by atoms with van der Waals surface area (Å²) < 4.78 is 7.34. The van der Waals surface area contributed by atoms with E-state index in [-0.39, 0.29) is 0 Å². The van der Waals surface area contributed by atoms with Crippen molar-refractivity contribution >= 4 is 5.69 Å². The first-order valence-corrected chi connectivity index (χ1v) is 5.79. The van der Waals surface area contributed by atoms with E-state index in [1.165, 1.54) is 19.3 Å². The van der Waals surface area contributed by atoms with E-state index < -0.39 is 0 Å². The minimum atomic E-state index is 0.496. The summed E-state index contributed by atoms with van der Waals surface area (Å²) in [5.74, 6) is 0.557. The second-order valence-corrected chi connectivity index (χ2v) is 4.50. The normalized spacial score (nSPS) is 22.2. The highest BCUT2D eigenvalue weighted by molar-refractivity contribution is 5.45. The molecule has 0 radical (unpaired) electrons. The number of nitrogens with zero attached hydrogens (tertiary/aromatic N) is 3. The number of likely N-dealkylation sites (tertiary alicyclic amines) is 1. The SMILES string of the molecule is CN1CCCCC1COc1nn(C)cc1N. The van der Waals surface area contributed by atoms with Crippen LogP contribution in [-0.2, 0) is 7.05 Å². The molecule has 1 fully saturated rings. The Bertz CT molecular complexity index is 350. The summed E-state index contributed by atoms with van der Waals surface area (Å²) in [6, 6.07) is 0.496. The monoisotopic (exact) mass is 224 g/mol. The molecule has 1 saturated heterocycles. The van der Waals surface area contributed by atoms with Crippen LogP contribution in [-0.4, -0.2) is 40.9 Å². The zero-order chi connectivity index (χ0) is 11.5. The molecule has 16 heavy (non-hydrogen) atoms. The second kappa shape index (κ2) is 4.74. The van der Waals surface area contributed by atoms with Crippen LogP contribution >= 0.6 is 0 Å². The molecule has 1 unspecified atom stereocenters. The number of nitrogen functional groups attached to an aromatic ring is 1. The van der Waals surface area contributed by atoms with E-state index in [4.69, 9.17) is 10.5 Å². The molecule has 5 heteroatoms. The molecular weight excluding hydrogens is 204 g/mol. The van der Waals surface area contributed by atoms with Crippen LogP contribution in [0.25, 0.3) is 0 Å². The molecule has 0 amide bonds. The molecule has 2 heterocycles. The average Bonchev–Trinajstić information content (AvgIpc) is 2.56. The van der Waals surface area contributed by atoms with E-state index in [9.17, 15) is 0 Å². The lowest BCUT2D eigenvalue weighted by molar-refractivity contribution is 0.122. The Morgan fingerprint density at radius 3 is 2.94 bits per heavy atom. The van der Waals surface area contributed by atoms with Crippen LogP contribution in [0.5, 0.6) is 5.88 Å². The van der Waals surface area contributed by atoms with Gasteiger partial charge in [-0.2, -0.15) is 0 Å². The largest absolute Gasteiger partial charge is 0.473 e. The lowest BCUT2D eigenvalue weighted by atomic mass is 10.0. The highest BCUT2D eigenvalue weighted by Gasteiger charge is 2.20. The Kier molecular flexibility index (Phi) is 3.33. The van der Waals surface area contributed by atoms with Crippen LogP contribution in [0.1, 0.15) is 19.3 Å². The molecule has 0 aliphatic carbocycles. The van der Waals surface area contributed by atoms with Gasteiger partial charge in [0.1, 0.15) is 12.3 Å². The van der Waals surface area contributed by atoms with Gasteiger partial charge in [-0.05, 0) is 26.4 Å². The van der Waals surface area contributed by atoms with Crippen molar-refractivity contribution in [1.82, 2.24) is 14.7 Å². The Labute approximate surface area is 96.2 Å². The van der Waals surface area contributed by atoms with Crippen molar-refractivity contribution in [2.75, 3.05) is 25.9 Å². The van der Waals surface area contributed by atoms with E-state index in [1.807, 2.05) is 7.05 Å². The zero-order valence-corrected chi connectivity index (χ0v) is 10.0. The number of hydrogen-bond acceptors (Lipinski definition) is 4. The van der Waals surface area contributed by atoms with E-state index in [0.29, 0.717) is 24.2 Å². The molecule has 1 atom stereocenters. The molecule has 1 aliphatic rings. The van der Waals surface area contributed by atoms with Gasteiger partial charge in [0.15, 0.2) is 0 Å². The molecule has 2 N–H and O–H groups in total. The third-order valence-corrected chi connectivity index (χ3v) is 3.16. The highest BCUT2D eigenvalue weighted by Crippen LogP contribution is 2.20. The molecular formula is C11H20N4O. The van der Waals surface area contributed by atoms with E-state index in [2.05, 4.69) is 17.0 Å². The summed E-state index contributed by atoms with van der Waals surface area (Å²) in [7, 11) is 3.99. The summed E-state index contributed by atoms with van der Waals surface area (Å²) in [4.78, 5) is 2.35. The highest BCUT2D eigenvalue weighted by atomic mass is 16.5. The van der Waals surface area contributed by atoms with E-state index in [0.717, 1.165) is 6.54 Å². The number of aromatic nitrogens is 2. The molecule has 1 aromatic rings. The topological polar surface area (TPSA) is 56.3 Å². The number of rotatable bonds is 3. The van der Waals surface area contributed by atoms with Crippen LogP contribution in [0.3, 0.4) is 0 Å². The average molecular weight is 224 g/mol. The molecule has 0 aromatic carbocycles. The van der Waals surface area contributed by atoms with Gasteiger partial charge >= 0.3 is 0 Å². The lowest BCUT2D eigenvalue weighted by Crippen LogP contribution is -2.40. The van der Waals surface area contributed by atoms with Crippen molar-refractivity contribution in [3.63, 3.8) is 0 Å². The molecule has 5 nitrogen and oxygen atoms in total. The van der Waals surface area contributed by atoms with Crippen molar-refractivity contribution in [2.45, 2.75) is 25.3 Å². The molecule has 0 spiro atoms. The Hall–Kier alpha value is -1.23. The van der Waals surface area contributed by atoms with E-state index in [1.54, 1.807) is 10.9 Å². The number of aryl methyl sites for hydroxylation is 1. The van der Waals surface area contributed by atoms with E-state index >= 15 is 0 Å².